The highest BCUT2D eigenvalue weighted by atomic mass is 35.5. The summed E-state index contributed by atoms with van der Waals surface area (Å²) in [6, 6.07) is 4.80. The maximum absolute atomic E-state index is 12.2. The summed E-state index contributed by atoms with van der Waals surface area (Å²) in [5.41, 5.74) is 0.386. The minimum absolute atomic E-state index is 0.331. The number of nitrogens with zero attached hydrogens (tertiary/aromatic N) is 1. The van der Waals surface area contributed by atoms with Gasteiger partial charge >= 0.3 is 0 Å². The molecule has 2 rings (SSSR count). The predicted molar refractivity (Wildman–Crippen MR) is 89.9 cm³/mol. The van der Waals surface area contributed by atoms with Gasteiger partial charge in [-0.2, -0.15) is 0 Å². The van der Waals surface area contributed by atoms with E-state index in [1.54, 1.807) is 32.0 Å². The van der Waals surface area contributed by atoms with Crippen molar-refractivity contribution >= 4 is 46.8 Å². The van der Waals surface area contributed by atoms with Crippen LogP contribution in [0.3, 0.4) is 0 Å². The van der Waals surface area contributed by atoms with Crippen LogP contribution < -0.4 is 10.1 Å². The van der Waals surface area contributed by atoms with Gasteiger partial charge in [-0.25, -0.2) is 0 Å². The van der Waals surface area contributed by atoms with Crippen LogP contribution in [0.1, 0.15) is 13.8 Å². The number of nitrogens with one attached hydrogen (secondary N) is 1. The van der Waals surface area contributed by atoms with Crippen molar-refractivity contribution in [1.29, 1.82) is 0 Å². The fourth-order valence-electron chi connectivity index (χ4n) is 2.24. The molecule has 1 saturated heterocycles. The van der Waals surface area contributed by atoms with E-state index in [0.717, 1.165) is 4.90 Å². The first-order valence-electron chi connectivity index (χ1n) is 6.97. The Kier molecular flexibility index (Phi) is 5.54. The van der Waals surface area contributed by atoms with Crippen molar-refractivity contribution in [2.24, 2.45) is 0 Å². The summed E-state index contributed by atoms with van der Waals surface area (Å²) in [6.07, 6.45) is 0. The maximum atomic E-state index is 12.2. The summed E-state index contributed by atoms with van der Waals surface area (Å²) in [4.78, 5) is 37.4. The number of amides is 3. The molecule has 6 nitrogen and oxygen atoms in total. The normalized spacial score (nSPS) is 21.3. The second-order valence-corrected chi connectivity index (χ2v) is 7.20. The van der Waals surface area contributed by atoms with Gasteiger partial charge in [-0.1, -0.05) is 11.6 Å². The third-order valence-electron chi connectivity index (χ3n) is 3.37. The fourth-order valence-corrected chi connectivity index (χ4v) is 3.51. The number of carbonyl (C=O) groups is 3. The summed E-state index contributed by atoms with van der Waals surface area (Å²) < 4.78 is 5.14. The topological polar surface area (TPSA) is 75.7 Å². The lowest BCUT2D eigenvalue weighted by Crippen LogP contribution is -2.52. The van der Waals surface area contributed by atoms with Crippen LogP contribution in [-0.4, -0.2) is 46.8 Å². The van der Waals surface area contributed by atoms with Gasteiger partial charge in [-0.15, -0.1) is 11.8 Å². The highest BCUT2D eigenvalue weighted by Gasteiger charge is 2.38. The van der Waals surface area contributed by atoms with Gasteiger partial charge in [-0.05, 0) is 32.0 Å². The van der Waals surface area contributed by atoms with Crippen LogP contribution in [0.25, 0.3) is 0 Å². The maximum Gasteiger partial charge on any atom is 0.244 e. The molecule has 1 aliphatic rings. The van der Waals surface area contributed by atoms with Crippen LogP contribution >= 0.6 is 23.4 Å². The van der Waals surface area contributed by atoms with Crippen LogP contribution in [0.4, 0.5) is 5.69 Å². The molecule has 2 unspecified atom stereocenters. The van der Waals surface area contributed by atoms with E-state index in [9.17, 15) is 14.4 Å². The number of methoxy groups -OCH3 is 1. The van der Waals surface area contributed by atoms with Gasteiger partial charge in [0.15, 0.2) is 0 Å². The Morgan fingerprint density at radius 2 is 1.91 bits per heavy atom. The van der Waals surface area contributed by atoms with Crippen molar-refractivity contribution in [1.82, 2.24) is 4.90 Å². The fraction of sp³-hybridized carbons (Fsp3) is 0.400. The number of imide groups is 1. The molecule has 0 bridgehead atoms. The minimum atomic E-state index is -0.487. The zero-order valence-corrected chi connectivity index (χ0v) is 14.5. The molecular formula is C15H17ClN2O4S. The highest BCUT2D eigenvalue weighted by molar-refractivity contribution is 8.02. The number of ether oxygens (including phenoxy) is 1. The standard InChI is InChI=1S/C15H17ClN2O4S/c1-8-14(20)18(15(21)9(2)23-8)7-13(19)17-11-6-10(16)4-5-12(11)22-3/h4-6,8-9H,7H2,1-3H3,(H,17,19). The van der Waals surface area contributed by atoms with E-state index >= 15 is 0 Å². The summed E-state index contributed by atoms with van der Waals surface area (Å²) >= 11 is 7.20. The summed E-state index contributed by atoms with van der Waals surface area (Å²) in [5, 5.41) is 2.35. The highest BCUT2D eigenvalue weighted by Crippen LogP contribution is 2.29. The molecule has 0 aromatic heterocycles. The predicted octanol–water partition coefficient (Wildman–Crippen LogP) is 2.17. The minimum Gasteiger partial charge on any atom is -0.495 e. The van der Waals surface area contributed by atoms with Crippen molar-refractivity contribution < 1.29 is 19.1 Å². The molecule has 23 heavy (non-hydrogen) atoms. The first kappa shape index (κ1) is 17.6. The van der Waals surface area contributed by atoms with Crippen molar-refractivity contribution in [3.8, 4) is 5.75 Å². The Balaban J connectivity index is 2.11. The number of carbonyl (C=O) groups excluding carboxylic acids is 3. The van der Waals surface area contributed by atoms with Crippen LogP contribution in [-0.2, 0) is 14.4 Å². The van der Waals surface area contributed by atoms with Gasteiger partial charge in [0.2, 0.25) is 17.7 Å². The lowest BCUT2D eigenvalue weighted by molar-refractivity contribution is -0.147. The van der Waals surface area contributed by atoms with E-state index in [1.165, 1.54) is 18.9 Å². The van der Waals surface area contributed by atoms with Crippen molar-refractivity contribution in [3.63, 3.8) is 0 Å². The zero-order valence-electron chi connectivity index (χ0n) is 13.0. The first-order valence-corrected chi connectivity index (χ1v) is 8.29. The average molecular weight is 357 g/mol. The molecule has 8 heteroatoms. The van der Waals surface area contributed by atoms with Crippen LogP contribution in [0, 0.1) is 0 Å². The number of halogens is 1. The van der Waals surface area contributed by atoms with Crippen molar-refractivity contribution in [2.45, 2.75) is 24.3 Å². The van der Waals surface area contributed by atoms with E-state index in [0.29, 0.717) is 16.5 Å². The molecule has 1 aromatic carbocycles. The van der Waals surface area contributed by atoms with E-state index in [2.05, 4.69) is 5.32 Å². The molecule has 0 radical (unpaired) electrons. The molecule has 0 spiro atoms. The van der Waals surface area contributed by atoms with Crippen molar-refractivity contribution in [3.05, 3.63) is 23.2 Å². The van der Waals surface area contributed by atoms with Crippen LogP contribution in [0.2, 0.25) is 5.02 Å². The number of hydrogen-bond acceptors (Lipinski definition) is 5. The SMILES string of the molecule is COc1ccc(Cl)cc1NC(=O)CN1C(=O)C(C)SC(C)C1=O. The second kappa shape index (κ2) is 7.23. The molecule has 1 heterocycles. The molecule has 2 atom stereocenters. The lowest BCUT2D eigenvalue weighted by Gasteiger charge is -2.31. The zero-order chi connectivity index (χ0) is 17.1. The number of hydrogen-bond donors (Lipinski definition) is 1. The van der Waals surface area contributed by atoms with Gasteiger partial charge in [0, 0.05) is 5.02 Å². The van der Waals surface area contributed by atoms with E-state index in [-0.39, 0.29) is 28.9 Å². The average Bonchev–Trinajstić information content (AvgIpc) is 2.50. The molecule has 0 aliphatic carbocycles. The smallest absolute Gasteiger partial charge is 0.244 e. The third kappa shape index (κ3) is 3.97. The quantitative estimate of drug-likeness (QED) is 0.837. The lowest BCUT2D eigenvalue weighted by atomic mass is 10.2. The molecule has 124 valence electrons. The number of rotatable bonds is 4. The Labute approximate surface area is 143 Å². The Morgan fingerprint density at radius 3 is 2.48 bits per heavy atom. The number of anilines is 1. The molecule has 1 aromatic rings. The van der Waals surface area contributed by atoms with Gasteiger partial charge < -0.3 is 10.1 Å². The monoisotopic (exact) mass is 356 g/mol. The van der Waals surface area contributed by atoms with Gasteiger partial charge in [0.05, 0.1) is 23.3 Å². The Bertz CT molecular complexity index is 632. The number of benzene rings is 1. The molecule has 1 aliphatic heterocycles. The van der Waals surface area contributed by atoms with Gasteiger partial charge in [0.25, 0.3) is 0 Å². The Hall–Kier alpha value is -1.73. The number of thioether (sulfide) groups is 1. The second-order valence-electron chi connectivity index (χ2n) is 5.08. The van der Waals surface area contributed by atoms with Gasteiger partial charge in [0.1, 0.15) is 12.3 Å². The largest absolute Gasteiger partial charge is 0.495 e. The van der Waals surface area contributed by atoms with E-state index in [4.69, 9.17) is 16.3 Å². The van der Waals surface area contributed by atoms with E-state index in [1.807, 2.05) is 0 Å². The van der Waals surface area contributed by atoms with Crippen LogP contribution in [0.5, 0.6) is 5.75 Å². The molecular weight excluding hydrogens is 340 g/mol. The summed E-state index contributed by atoms with van der Waals surface area (Å²) in [5.74, 6) is -0.757. The summed E-state index contributed by atoms with van der Waals surface area (Å²) in [6.45, 7) is 3.12. The molecule has 1 fully saturated rings. The third-order valence-corrected chi connectivity index (χ3v) is 4.83. The van der Waals surface area contributed by atoms with E-state index < -0.39 is 5.91 Å². The molecule has 1 N–H and O–H groups in total. The summed E-state index contributed by atoms with van der Waals surface area (Å²) in [7, 11) is 1.47. The molecule has 3 amide bonds. The van der Waals surface area contributed by atoms with Crippen molar-refractivity contribution in [2.75, 3.05) is 19.0 Å². The van der Waals surface area contributed by atoms with Gasteiger partial charge in [-0.3, -0.25) is 19.3 Å². The van der Waals surface area contributed by atoms with Crippen LogP contribution in [0.15, 0.2) is 18.2 Å². The Morgan fingerprint density at radius 1 is 1.30 bits per heavy atom. The first-order chi connectivity index (χ1) is 10.8. The molecule has 0 saturated carbocycles.